The molecule has 10 heteroatoms. The summed E-state index contributed by atoms with van der Waals surface area (Å²) in [6.45, 7) is 4.46. The molecule has 0 aliphatic rings. The van der Waals surface area contributed by atoms with Gasteiger partial charge in [0.05, 0.1) is 29.3 Å². The number of rotatable bonds is 10. The highest BCUT2D eigenvalue weighted by atomic mass is 32.2. The van der Waals surface area contributed by atoms with Crippen LogP contribution >= 0.6 is 11.8 Å². The number of amides is 1. The van der Waals surface area contributed by atoms with Gasteiger partial charge in [-0.25, -0.2) is 0 Å². The Morgan fingerprint density at radius 1 is 1.24 bits per heavy atom. The largest absolute Gasteiger partial charge is 0.493 e. The molecule has 0 fully saturated rings. The van der Waals surface area contributed by atoms with Gasteiger partial charge < -0.3 is 10.1 Å². The zero-order valence-corrected chi connectivity index (χ0v) is 19.1. The minimum Gasteiger partial charge on any atom is -0.493 e. The first-order chi connectivity index (χ1) is 16.6. The van der Waals surface area contributed by atoms with Gasteiger partial charge in [0.1, 0.15) is 5.75 Å². The van der Waals surface area contributed by atoms with E-state index in [-0.39, 0.29) is 17.2 Å². The molecule has 0 radical (unpaired) electrons. The van der Waals surface area contributed by atoms with E-state index in [1.165, 1.54) is 16.3 Å². The van der Waals surface area contributed by atoms with Crippen LogP contribution in [0.3, 0.4) is 0 Å². The Hall–Kier alpha value is -4.10. The Morgan fingerprint density at radius 2 is 2.09 bits per heavy atom. The van der Waals surface area contributed by atoms with E-state index in [0.29, 0.717) is 59.3 Å². The van der Waals surface area contributed by atoms with E-state index in [1.54, 1.807) is 46.9 Å². The van der Waals surface area contributed by atoms with Crippen molar-refractivity contribution < 1.29 is 9.53 Å². The number of carbonyl (C=O) groups is 1. The number of hydrogen-bond acceptors (Lipinski definition) is 7. The van der Waals surface area contributed by atoms with E-state index in [1.807, 2.05) is 12.1 Å². The lowest BCUT2D eigenvalue weighted by Crippen LogP contribution is -2.22. The Balaban J connectivity index is 1.50. The summed E-state index contributed by atoms with van der Waals surface area (Å²) in [5, 5.41) is 20.9. The topological polar surface area (TPSA) is 114 Å². The van der Waals surface area contributed by atoms with Gasteiger partial charge in [0, 0.05) is 24.7 Å². The number of hydrogen-bond donors (Lipinski definition) is 1. The molecule has 2 aromatic carbocycles. The average Bonchev–Trinajstić information content (AvgIpc) is 3.27. The van der Waals surface area contributed by atoms with Gasteiger partial charge in [0.15, 0.2) is 5.16 Å². The fraction of sp³-hybridized carbons (Fsp3) is 0.208. The van der Waals surface area contributed by atoms with Crippen LogP contribution in [0, 0.1) is 11.3 Å². The molecule has 2 heterocycles. The first-order valence-corrected chi connectivity index (χ1v) is 11.6. The van der Waals surface area contributed by atoms with Gasteiger partial charge >= 0.3 is 0 Å². The second-order valence-corrected chi connectivity index (χ2v) is 8.26. The van der Waals surface area contributed by atoms with E-state index < -0.39 is 0 Å². The number of carbonyl (C=O) groups excluding carboxylic acids is 1. The predicted octanol–water partition coefficient (Wildman–Crippen LogP) is 3.64. The smallest absolute Gasteiger partial charge is 0.263 e. The average molecular weight is 475 g/mol. The van der Waals surface area contributed by atoms with E-state index >= 15 is 0 Å². The molecule has 0 saturated carbocycles. The molecule has 34 heavy (non-hydrogen) atoms. The van der Waals surface area contributed by atoms with Crippen molar-refractivity contribution in [2.75, 3.05) is 17.7 Å². The third-order valence-corrected chi connectivity index (χ3v) is 5.87. The number of nitrogens with one attached hydrogen (secondary N) is 1. The summed E-state index contributed by atoms with van der Waals surface area (Å²) >= 11 is 1.23. The zero-order chi connectivity index (χ0) is 23.9. The molecule has 1 N–H and O–H groups in total. The predicted molar refractivity (Wildman–Crippen MR) is 131 cm³/mol. The van der Waals surface area contributed by atoms with Gasteiger partial charge in [-0.1, -0.05) is 36.0 Å². The third-order valence-electron chi connectivity index (χ3n) is 4.94. The van der Waals surface area contributed by atoms with Crippen molar-refractivity contribution in [1.29, 1.82) is 5.26 Å². The molecular weight excluding hydrogens is 452 g/mol. The van der Waals surface area contributed by atoms with Crippen LogP contribution in [0.4, 0.5) is 5.69 Å². The number of ether oxygens (including phenoxy) is 1. The number of anilines is 1. The molecule has 0 atom stereocenters. The quantitative estimate of drug-likeness (QED) is 0.212. The van der Waals surface area contributed by atoms with Crippen molar-refractivity contribution in [1.82, 2.24) is 19.2 Å². The van der Waals surface area contributed by atoms with Crippen molar-refractivity contribution in [2.24, 2.45) is 0 Å². The maximum atomic E-state index is 12.9. The second kappa shape index (κ2) is 10.7. The summed E-state index contributed by atoms with van der Waals surface area (Å²) < 4.78 is 8.91. The highest BCUT2D eigenvalue weighted by molar-refractivity contribution is 7.99. The van der Waals surface area contributed by atoms with Crippen molar-refractivity contribution in [3.63, 3.8) is 0 Å². The van der Waals surface area contributed by atoms with E-state index in [0.717, 1.165) is 0 Å². The van der Waals surface area contributed by atoms with Crippen molar-refractivity contribution in [2.45, 2.75) is 24.5 Å². The van der Waals surface area contributed by atoms with Crippen LogP contribution in [-0.2, 0) is 11.3 Å². The molecule has 0 bridgehead atoms. The minimum absolute atomic E-state index is 0.100. The zero-order valence-electron chi connectivity index (χ0n) is 18.3. The number of aromatic nitrogens is 4. The first kappa shape index (κ1) is 23.1. The fourth-order valence-electron chi connectivity index (χ4n) is 3.45. The van der Waals surface area contributed by atoms with Gasteiger partial charge in [-0.15, -0.1) is 16.8 Å². The summed E-state index contributed by atoms with van der Waals surface area (Å²) in [5.74, 6) is 0.904. The Labute approximate surface area is 199 Å². The molecule has 2 aromatic heterocycles. The number of unbranched alkanes of at least 4 members (excludes halogenated alkanes) is 1. The summed E-state index contributed by atoms with van der Waals surface area (Å²) in [6.07, 6.45) is 2.71. The number of nitrogens with zero attached hydrogens (tertiary/aromatic N) is 5. The van der Waals surface area contributed by atoms with Gasteiger partial charge in [-0.05, 0) is 30.7 Å². The van der Waals surface area contributed by atoms with Crippen LogP contribution in [0.25, 0.3) is 16.7 Å². The summed E-state index contributed by atoms with van der Waals surface area (Å²) in [4.78, 5) is 25.5. The van der Waals surface area contributed by atoms with Gasteiger partial charge in [-0.3, -0.25) is 18.6 Å². The van der Waals surface area contributed by atoms with E-state index in [4.69, 9.17) is 10.00 Å². The van der Waals surface area contributed by atoms with Gasteiger partial charge in [0.25, 0.3) is 5.56 Å². The lowest BCUT2D eigenvalue weighted by Gasteiger charge is -2.10. The maximum absolute atomic E-state index is 12.9. The molecule has 0 saturated heterocycles. The highest BCUT2D eigenvalue weighted by Gasteiger charge is 2.17. The summed E-state index contributed by atoms with van der Waals surface area (Å²) in [6, 6.07) is 16.4. The number of para-hydroxylation sites is 1. The number of fused-ring (bicyclic) bond motifs is 3. The van der Waals surface area contributed by atoms with E-state index in [9.17, 15) is 9.59 Å². The van der Waals surface area contributed by atoms with Crippen LogP contribution in [0.2, 0.25) is 0 Å². The maximum Gasteiger partial charge on any atom is 0.263 e. The Morgan fingerprint density at radius 3 is 2.91 bits per heavy atom. The molecule has 0 aliphatic heterocycles. The number of benzene rings is 2. The molecular formula is C24H22N6O3S. The molecule has 1 amide bonds. The van der Waals surface area contributed by atoms with Crippen LogP contribution in [0.1, 0.15) is 12.8 Å². The van der Waals surface area contributed by atoms with Crippen LogP contribution in [0.15, 0.2) is 71.1 Å². The van der Waals surface area contributed by atoms with Gasteiger partial charge in [-0.2, -0.15) is 5.26 Å². The monoisotopic (exact) mass is 474 g/mol. The van der Waals surface area contributed by atoms with E-state index in [2.05, 4.69) is 28.2 Å². The van der Waals surface area contributed by atoms with Crippen LogP contribution in [0.5, 0.6) is 5.75 Å². The number of allylic oxidation sites excluding steroid dienone is 1. The second-order valence-electron chi connectivity index (χ2n) is 7.31. The molecule has 4 aromatic rings. The third kappa shape index (κ3) is 4.94. The first-order valence-electron chi connectivity index (χ1n) is 10.6. The summed E-state index contributed by atoms with van der Waals surface area (Å²) in [7, 11) is 0. The SMILES string of the molecule is C=CCn1c(=O)c2ccccc2n2c(SCC(=O)Nc3cccc(OCCCC#N)c3)nnc12. The molecule has 9 nitrogen and oxygen atoms in total. The molecule has 4 rings (SSSR count). The van der Waals surface area contributed by atoms with Crippen molar-refractivity contribution >= 4 is 40.0 Å². The highest BCUT2D eigenvalue weighted by Crippen LogP contribution is 2.23. The normalized spacial score (nSPS) is 10.8. The number of nitriles is 1. The minimum atomic E-state index is -0.216. The lowest BCUT2D eigenvalue weighted by molar-refractivity contribution is -0.113. The van der Waals surface area contributed by atoms with Gasteiger partial charge in [0.2, 0.25) is 11.7 Å². The Bertz CT molecular complexity index is 1450. The standard InChI is InChI=1S/C24H22N6O3S/c1-2-13-29-22(32)19-10-3-4-11-20(19)30-23(29)27-28-24(30)34-16-21(31)26-17-8-7-9-18(15-17)33-14-6-5-12-25/h2-4,7-11,15H,1,5-6,13-14,16H2,(H,26,31). The molecule has 0 aliphatic carbocycles. The summed E-state index contributed by atoms with van der Waals surface area (Å²) in [5.41, 5.74) is 1.12. The van der Waals surface area contributed by atoms with Crippen LogP contribution in [-0.4, -0.2) is 37.4 Å². The van der Waals surface area contributed by atoms with Crippen molar-refractivity contribution in [3.05, 3.63) is 71.5 Å². The van der Waals surface area contributed by atoms with Crippen molar-refractivity contribution in [3.8, 4) is 11.8 Å². The number of thioether (sulfide) groups is 1. The molecule has 172 valence electrons. The lowest BCUT2D eigenvalue weighted by atomic mass is 10.2. The molecule has 0 spiro atoms. The van der Waals surface area contributed by atoms with Crippen LogP contribution < -0.4 is 15.6 Å². The molecule has 0 unspecified atom stereocenters. The fourth-order valence-corrected chi connectivity index (χ4v) is 4.19. The Kier molecular flexibility index (Phi) is 7.25.